The van der Waals surface area contributed by atoms with Crippen LogP contribution in [0.25, 0.3) is 11.2 Å². The largest absolute Gasteiger partial charge is 0.465 e. The number of anilines is 1. The van der Waals surface area contributed by atoms with E-state index in [2.05, 4.69) is 21.6 Å². The van der Waals surface area contributed by atoms with E-state index in [0.29, 0.717) is 49.8 Å². The zero-order valence-electron chi connectivity index (χ0n) is 22.9. The second-order valence-corrected chi connectivity index (χ2v) is 10.4. The van der Waals surface area contributed by atoms with E-state index < -0.39 is 0 Å². The molecule has 0 amide bonds. The molecule has 2 N–H and O–H groups in total. The lowest BCUT2D eigenvalue weighted by Gasteiger charge is -2.31. The van der Waals surface area contributed by atoms with Gasteiger partial charge in [0.2, 0.25) is 5.95 Å². The number of esters is 1. The summed E-state index contributed by atoms with van der Waals surface area (Å²) in [6.07, 6.45) is 4.94. The van der Waals surface area contributed by atoms with Gasteiger partial charge in [0.05, 0.1) is 19.1 Å². The van der Waals surface area contributed by atoms with Crippen LogP contribution >= 0.6 is 0 Å². The summed E-state index contributed by atoms with van der Waals surface area (Å²) >= 11 is 0. The zero-order chi connectivity index (χ0) is 27.2. The van der Waals surface area contributed by atoms with Crippen molar-refractivity contribution in [2.24, 2.45) is 18.7 Å². The Labute approximate surface area is 223 Å². The number of fused-ring (bicyclic) bond motifs is 1. The van der Waals surface area contributed by atoms with Crippen molar-refractivity contribution in [1.29, 1.82) is 0 Å². The molecule has 0 saturated carbocycles. The molecule has 0 unspecified atom stereocenters. The molecular formula is C27H41N7O4. The molecule has 4 rings (SSSR count). The number of ether oxygens (including phenoxy) is 1. The quantitative estimate of drug-likeness (QED) is 0.377. The summed E-state index contributed by atoms with van der Waals surface area (Å²) < 4.78 is 9.92. The van der Waals surface area contributed by atoms with Crippen LogP contribution in [-0.4, -0.2) is 74.9 Å². The number of rotatable bonds is 9. The average Bonchev–Trinajstić information content (AvgIpc) is 3.31. The minimum absolute atomic E-state index is 0.0368. The van der Waals surface area contributed by atoms with Gasteiger partial charge in [-0.05, 0) is 65.1 Å². The van der Waals surface area contributed by atoms with Gasteiger partial charge in [0.15, 0.2) is 11.2 Å². The number of aromatic nitrogens is 4. The Morgan fingerprint density at radius 3 is 2.58 bits per heavy atom. The van der Waals surface area contributed by atoms with Crippen molar-refractivity contribution < 1.29 is 9.53 Å². The summed E-state index contributed by atoms with van der Waals surface area (Å²) in [5.41, 5.74) is 6.29. The summed E-state index contributed by atoms with van der Waals surface area (Å²) in [4.78, 5) is 48.2. The Bertz CT molecular complexity index is 1310. The molecule has 4 heterocycles. The Balaban J connectivity index is 1.51. The van der Waals surface area contributed by atoms with Crippen LogP contribution in [0.4, 0.5) is 5.95 Å². The number of likely N-dealkylation sites (tertiary alicyclic amines) is 1. The third kappa shape index (κ3) is 5.97. The number of carbonyl (C=O) groups excluding carboxylic acids is 1. The van der Waals surface area contributed by atoms with E-state index >= 15 is 0 Å². The van der Waals surface area contributed by atoms with Gasteiger partial charge in [-0.3, -0.25) is 23.3 Å². The van der Waals surface area contributed by atoms with Crippen molar-refractivity contribution in [3.8, 4) is 11.8 Å². The summed E-state index contributed by atoms with van der Waals surface area (Å²) in [6, 6.07) is 0.0433. The van der Waals surface area contributed by atoms with Crippen LogP contribution in [0, 0.1) is 17.8 Å². The summed E-state index contributed by atoms with van der Waals surface area (Å²) in [7, 11) is 1.66. The fourth-order valence-electron chi connectivity index (χ4n) is 5.46. The van der Waals surface area contributed by atoms with Crippen molar-refractivity contribution in [1.82, 2.24) is 23.6 Å². The SMILES string of the molecule is CC#CCn1c(N2CCC[C@@H](N)C2)nc2c1c(=O)n(CCCN1CCC(C(=O)OCCC)CC1)c(=O)n2C. The highest BCUT2D eigenvalue weighted by molar-refractivity contribution is 5.75. The first-order valence-electron chi connectivity index (χ1n) is 13.8. The number of imidazole rings is 1. The molecule has 0 bridgehead atoms. The Kier molecular flexibility index (Phi) is 9.28. The second-order valence-electron chi connectivity index (χ2n) is 10.4. The van der Waals surface area contributed by atoms with Crippen molar-refractivity contribution >= 4 is 23.1 Å². The molecule has 2 aliphatic rings. The molecule has 1 atom stereocenters. The maximum atomic E-state index is 13.7. The Hall–Kier alpha value is -3.10. The number of hydrogen-bond acceptors (Lipinski definition) is 8. The van der Waals surface area contributed by atoms with E-state index in [0.717, 1.165) is 58.3 Å². The highest BCUT2D eigenvalue weighted by Crippen LogP contribution is 2.23. The van der Waals surface area contributed by atoms with E-state index in [9.17, 15) is 14.4 Å². The maximum Gasteiger partial charge on any atom is 0.332 e. The number of nitrogens with two attached hydrogens (primary N) is 1. The van der Waals surface area contributed by atoms with Gasteiger partial charge in [-0.1, -0.05) is 12.8 Å². The predicted octanol–water partition coefficient (Wildman–Crippen LogP) is 0.903. The van der Waals surface area contributed by atoms with Gasteiger partial charge in [-0.15, -0.1) is 5.92 Å². The number of aryl methyl sites for hydroxylation is 1. The van der Waals surface area contributed by atoms with Crippen molar-refractivity contribution in [2.45, 2.75) is 71.5 Å². The fourth-order valence-corrected chi connectivity index (χ4v) is 5.46. The highest BCUT2D eigenvalue weighted by atomic mass is 16.5. The van der Waals surface area contributed by atoms with Crippen LogP contribution < -0.4 is 21.9 Å². The molecule has 208 valence electrons. The first-order chi connectivity index (χ1) is 18.3. The Morgan fingerprint density at radius 2 is 1.89 bits per heavy atom. The molecule has 2 aromatic heterocycles. The van der Waals surface area contributed by atoms with Gasteiger partial charge in [-0.25, -0.2) is 4.79 Å². The van der Waals surface area contributed by atoms with Crippen LogP contribution in [0.15, 0.2) is 9.59 Å². The normalized spacial score (nSPS) is 18.9. The number of hydrogen-bond donors (Lipinski definition) is 1. The van der Waals surface area contributed by atoms with Crippen LogP contribution in [0.3, 0.4) is 0 Å². The van der Waals surface area contributed by atoms with Crippen LogP contribution in [-0.2, 0) is 29.7 Å². The van der Waals surface area contributed by atoms with Gasteiger partial charge in [0.1, 0.15) is 0 Å². The van der Waals surface area contributed by atoms with E-state index in [1.165, 1.54) is 9.13 Å². The van der Waals surface area contributed by atoms with E-state index in [4.69, 9.17) is 15.5 Å². The third-order valence-electron chi connectivity index (χ3n) is 7.59. The molecule has 0 aromatic carbocycles. The van der Waals surface area contributed by atoms with E-state index in [-0.39, 0.29) is 29.2 Å². The number of piperidine rings is 2. The van der Waals surface area contributed by atoms with Crippen molar-refractivity contribution in [3.05, 3.63) is 20.8 Å². The number of nitrogens with zero attached hydrogens (tertiary/aromatic N) is 6. The second kappa shape index (κ2) is 12.6. The fraction of sp³-hybridized carbons (Fsp3) is 0.704. The average molecular weight is 528 g/mol. The summed E-state index contributed by atoms with van der Waals surface area (Å²) in [5.74, 6) is 6.48. The first-order valence-corrected chi connectivity index (χ1v) is 13.8. The molecule has 2 saturated heterocycles. The van der Waals surface area contributed by atoms with Crippen LogP contribution in [0.5, 0.6) is 0 Å². The smallest absolute Gasteiger partial charge is 0.332 e. The Morgan fingerprint density at radius 1 is 1.13 bits per heavy atom. The summed E-state index contributed by atoms with van der Waals surface area (Å²) in [5, 5.41) is 0. The lowest BCUT2D eigenvalue weighted by atomic mass is 9.97. The molecule has 0 spiro atoms. The first kappa shape index (κ1) is 27.9. The van der Waals surface area contributed by atoms with Gasteiger partial charge in [0, 0.05) is 32.7 Å². The number of carbonyl (C=O) groups is 1. The zero-order valence-corrected chi connectivity index (χ0v) is 22.9. The van der Waals surface area contributed by atoms with Gasteiger partial charge in [-0.2, -0.15) is 4.98 Å². The van der Waals surface area contributed by atoms with Gasteiger partial charge in [0.25, 0.3) is 5.56 Å². The molecule has 2 aliphatic heterocycles. The molecule has 2 fully saturated rings. The molecule has 0 radical (unpaired) electrons. The standard InChI is InChI=1S/C27H41N7O4/c1-4-6-14-33-22-23(29-26(33)32-13-7-9-21(28)19-32)30(3)27(37)34(24(22)35)15-8-12-31-16-10-20(11-17-31)25(36)38-18-5-2/h20-21H,5,7-19,28H2,1-3H3/t21-/m1/s1. The monoisotopic (exact) mass is 527 g/mol. The van der Waals surface area contributed by atoms with E-state index in [1.807, 2.05) is 11.5 Å². The minimum atomic E-state index is -0.368. The molecule has 11 heteroatoms. The minimum Gasteiger partial charge on any atom is -0.465 e. The molecule has 0 aliphatic carbocycles. The van der Waals surface area contributed by atoms with Crippen molar-refractivity contribution in [3.63, 3.8) is 0 Å². The molecule has 2 aromatic rings. The van der Waals surface area contributed by atoms with Gasteiger partial charge >= 0.3 is 11.7 Å². The molecular weight excluding hydrogens is 486 g/mol. The van der Waals surface area contributed by atoms with Crippen LogP contribution in [0.1, 0.15) is 52.4 Å². The predicted molar refractivity (Wildman–Crippen MR) is 147 cm³/mol. The highest BCUT2D eigenvalue weighted by Gasteiger charge is 2.27. The van der Waals surface area contributed by atoms with Crippen LogP contribution in [0.2, 0.25) is 0 Å². The topological polar surface area (TPSA) is 121 Å². The molecule has 38 heavy (non-hydrogen) atoms. The van der Waals surface area contributed by atoms with Crippen molar-refractivity contribution in [2.75, 3.05) is 44.2 Å². The third-order valence-corrected chi connectivity index (χ3v) is 7.59. The molecule has 11 nitrogen and oxygen atoms in total. The summed E-state index contributed by atoms with van der Waals surface area (Å²) in [6.45, 7) is 8.67. The lowest BCUT2D eigenvalue weighted by molar-refractivity contribution is -0.150. The lowest BCUT2D eigenvalue weighted by Crippen LogP contribution is -2.44. The van der Waals surface area contributed by atoms with Gasteiger partial charge < -0.3 is 20.3 Å². The van der Waals surface area contributed by atoms with E-state index in [1.54, 1.807) is 14.0 Å². The maximum absolute atomic E-state index is 13.7.